The van der Waals surface area contributed by atoms with E-state index in [-0.39, 0.29) is 80.1 Å². The van der Waals surface area contributed by atoms with Gasteiger partial charge in [0.1, 0.15) is 78.0 Å². The number of carbonyl (C=O) groups is 13. The Hall–Kier alpha value is -11.0. The third kappa shape index (κ3) is 28.6. The number of pyridine rings is 1. The smallest absolute Gasteiger partial charge is 0.303 e. The van der Waals surface area contributed by atoms with Crippen LogP contribution in [-0.2, 0) is 99.5 Å². The number of hydrogen-bond donors (Lipinski definition) is 17. The lowest BCUT2D eigenvalue weighted by Crippen LogP contribution is -2.62. The summed E-state index contributed by atoms with van der Waals surface area (Å²) in [5.74, 6) is -13.0. The molecule has 32 nitrogen and oxygen atoms in total. The van der Waals surface area contributed by atoms with Crippen molar-refractivity contribution in [2.75, 3.05) is 11.5 Å². The summed E-state index contributed by atoms with van der Waals surface area (Å²) in [4.78, 5) is 197. The fourth-order valence-electron chi connectivity index (χ4n) is 12.5. The number of rotatable bonds is 19. The number of primary amides is 1. The van der Waals surface area contributed by atoms with Crippen LogP contribution in [0.4, 0.5) is 8.78 Å². The second-order valence-electron chi connectivity index (χ2n) is 29.0. The molecule has 1 aliphatic carbocycles. The van der Waals surface area contributed by atoms with E-state index in [1.54, 1.807) is 71.2 Å². The lowest BCUT2D eigenvalue weighted by Gasteiger charge is -2.32. The number of aromatic amines is 1. The third-order valence-electron chi connectivity index (χ3n) is 18.7. The Morgan fingerprint density at radius 1 is 0.579 bits per heavy atom. The number of alkyl halides is 2. The van der Waals surface area contributed by atoms with Gasteiger partial charge in [-0.3, -0.25) is 67.3 Å². The predicted octanol–water partition coefficient (Wildman–Crippen LogP) is 2.21. The van der Waals surface area contributed by atoms with Gasteiger partial charge in [0.05, 0.1) is 18.1 Å². The number of aromatic hydroxyl groups is 2. The summed E-state index contributed by atoms with van der Waals surface area (Å²) < 4.78 is 28.7. The molecule has 36 heteroatoms. The van der Waals surface area contributed by atoms with Gasteiger partial charge in [0, 0.05) is 92.5 Å². The number of carboxylic acids is 1. The average molecular weight is 1620 g/mol. The number of nitrogens with two attached hydrogens (primary N) is 1. The number of benzene rings is 3. The Bertz CT molecular complexity index is 4210. The molecule has 1 aliphatic heterocycles. The molecule has 18 N–H and O–H groups in total. The molecule has 2 bridgehead atoms. The molecular formula is C78H101F2N15O17S2. The topological polar surface area (TPSA) is 503 Å². The Balaban J connectivity index is 1.25. The second kappa shape index (κ2) is 43.9. The Morgan fingerprint density at radius 2 is 1.06 bits per heavy atom. The normalized spacial score (nSPS) is 23.5. The molecule has 0 unspecified atom stereocenters. The van der Waals surface area contributed by atoms with Crippen LogP contribution < -0.4 is 64.2 Å². The summed E-state index contributed by atoms with van der Waals surface area (Å²) in [6.45, 7) is 9.53. The predicted molar refractivity (Wildman–Crippen MR) is 419 cm³/mol. The summed E-state index contributed by atoms with van der Waals surface area (Å²) >= 11 is 2.56. The van der Waals surface area contributed by atoms with Gasteiger partial charge in [0.2, 0.25) is 77.3 Å². The number of aliphatic carboxylic acids is 1. The lowest BCUT2D eigenvalue weighted by atomic mass is 9.85. The number of allylic oxidation sites excluding steroid dienone is 1. The molecule has 3 heterocycles. The van der Waals surface area contributed by atoms with Crippen LogP contribution in [0.3, 0.4) is 0 Å². The molecule has 12 amide bonds. The van der Waals surface area contributed by atoms with Gasteiger partial charge in [-0.25, -0.2) is 13.8 Å². The number of amides is 12. The van der Waals surface area contributed by atoms with Crippen molar-refractivity contribution in [3.05, 3.63) is 149 Å². The number of aliphatic hydroxyl groups is 1. The van der Waals surface area contributed by atoms with Crippen molar-refractivity contribution in [2.24, 2.45) is 11.1 Å². The van der Waals surface area contributed by atoms with E-state index in [4.69, 9.17) is 5.73 Å². The van der Waals surface area contributed by atoms with Crippen LogP contribution in [0, 0.1) is 5.41 Å². The van der Waals surface area contributed by atoms with Gasteiger partial charge in [-0.05, 0) is 95.3 Å². The third-order valence-corrected chi connectivity index (χ3v) is 20.8. The van der Waals surface area contributed by atoms with E-state index in [1.807, 2.05) is 12.1 Å². The number of phenolic OH excluding ortho intramolecular Hbond substituents is 2. The van der Waals surface area contributed by atoms with Crippen molar-refractivity contribution in [2.45, 2.75) is 216 Å². The standard InChI is InChI=1S/C78H101F2N15O17S2/c1-7-11-53-68(103)87-55(26-27-64(100)101)70(105)88-56(32-43-16-21-49(97)22-17-43)71(106)85-54(12-8-2)69(104)90-60(36-62(79)80)74(109)93-61(67(81)102)40-114-39-46-14-9-13-45(31-46)38-113-30-28-63(99)94-66(78(4,5)6)77(112)92-57(33-44-18-23-50(98)24-19-44)72(107)89-59(35-48-37-82-41-84-48)75(110)95-65(42(3)96)76(111)91-58(73(108)86-53)34-47-20-25-52-51(47)15-10-29-83-52/h9-10,13-24,29,31,37,41-42,53-62,65-66,96-98H,7-8,11-12,25-28,30,32-36,38-40H2,1-6H3,(H2,81,102)(H,82,84)(H,85,106)(H,86,108)(H,87,103)(H,88,105)(H,89,107)(H,90,104)(H,91,111)(H,92,112)(H,93,109)(H,94,99)(H,95,110)(H,100,101)/t42-,53+,54+,55+,56+,57+,58+,59+,60+,61+,65+,66-/m1/s1. The van der Waals surface area contributed by atoms with E-state index < -0.39 is 187 Å². The number of thioether (sulfide) groups is 2. The average Bonchev–Trinajstić information content (AvgIpc) is 1.56. The van der Waals surface area contributed by atoms with Crippen LogP contribution in [0.25, 0.3) is 5.57 Å². The number of nitrogens with one attached hydrogen (secondary N) is 12. The number of H-pyrrole nitrogens is 1. The molecule has 5 aromatic rings. The highest BCUT2D eigenvalue weighted by molar-refractivity contribution is 7.98. The van der Waals surface area contributed by atoms with E-state index in [2.05, 4.69) is 73.4 Å². The van der Waals surface area contributed by atoms with Crippen molar-refractivity contribution < 1.29 is 91.5 Å². The van der Waals surface area contributed by atoms with Gasteiger partial charge in [-0.1, -0.05) is 108 Å². The maximum absolute atomic E-state index is 15.1. The zero-order chi connectivity index (χ0) is 83.3. The molecule has 3 aromatic carbocycles. The van der Waals surface area contributed by atoms with Crippen molar-refractivity contribution in [3.8, 4) is 11.5 Å². The number of aliphatic hydroxyl groups excluding tert-OH is 1. The first-order chi connectivity index (χ1) is 54.2. The number of fused-ring (bicyclic) bond motifs is 3. The molecule has 2 aromatic heterocycles. The van der Waals surface area contributed by atoms with E-state index >= 15 is 4.79 Å². The molecule has 2 aliphatic rings. The first kappa shape index (κ1) is 90.2. The Kier molecular flexibility index (Phi) is 34.7. The second-order valence-corrected chi connectivity index (χ2v) is 31.1. The molecule has 0 spiro atoms. The molecule has 7 rings (SSSR count). The fourth-order valence-corrected chi connectivity index (χ4v) is 14.4. The Morgan fingerprint density at radius 3 is 1.57 bits per heavy atom. The summed E-state index contributed by atoms with van der Waals surface area (Å²) in [6.07, 6.45) is -2.59. The highest BCUT2D eigenvalue weighted by atomic mass is 32.2. The highest BCUT2D eigenvalue weighted by Crippen LogP contribution is 2.30. The van der Waals surface area contributed by atoms with Crippen molar-refractivity contribution in [1.82, 2.24) is 73.4 Å². The fraction of sp³-hybridized carbons (Fsp3) is 0.474. The minimum absolute atomic E-state index is 0.0643. The van der Waals surface area contributed by atoms with Gasteiger partial charge in [-0.2, -0.15) is 23.5 Å². The summed E-state index contributed by atoms with van der Waals surface area (Å²) in [5.41, 5.74) is 9.13. The molecule has 114 heavy (non-hydrogen) atoms. The largest absolute Gasteiger partial charge is 0.508 e. The quantitative estimate of drug-likeness (QED) is 0.0563. The monoisotopic (exact) mass is 1620 g/mol. The maximum Gasteiger partial charge on any atom is 0.303 e. The van der Waals surface area contributed by atoms with Crippen molar-refractivity contribution >= 4 is 106 Å². The van der Waals surface area contributed by atoms with E-state index in [9.17, 15) is 86.7 Å². The molecule has 616 valence electrons. The highest BCUT2D eigenvalue weighted by Gasteiger charge is 2.40. The minimum Gasteiger partial charge on any atom is -0.508 e. The first-order valence-electron chi connectivity index (χ1n) is 37.4. The summed E-state index contributed by atoms with van der Waals surface area (Å²) in [7, 11) is 0. The van der Waals surface area contributed by atoms with E-state index in [0.29, 0.717) is 45.8 Å². The van der Waals surface area contributed by atoms with E-state index in [1.165, 1.54) is 79.7 Å². The van der Waals surface area contributed by atoms with Gasteiger partial charge < -0.3 is 89.6 Å². The summed E-state index contributed by atoms with van der Waals surface area (Å²) in [6, 6.07) is 3.70. The molecule has 0 radical (unpaired) electrons. The van der Waals surface area contributed by atoms with Gasteiger partial charge >= 0.3 is 5.97 Å². The molecule has 0 saturated carbocycles. The van der Waals surface area contributed by atoms with Crippen LogP contribution in [-0.4, -0.2) is 203 Å². The SMILES string of the molecule is CCC[C@@H]1NC(=O)[C@H](Cc2ccc(O)cc2)NC(=O)[C@H](CCC(=O)O)NC(=O)[C@H](CCC)NC(=O)[C@H](CC2=CCc3ncccc32)NC(=O)[C@H]([C@@H](C)O)NC(=O)[C@H](Cc2cnc[nH]2)NC(=O)[C@H](Cc2ccc(O)cc2)NC(=O)[C@H](C(C)(C)C)NC(=O)CCSCc2cccc(c2)CSC[C@@H](C(N)=O)NC(=O)[C@H](CC(F)F)NC1=O. The van der Waals surface area contributed by atoms with Crippen molar-refractivity contribution in [3.63, 3.8) is 0 Å². The molecular weight excluding hydrogens is 1520 g/mol. The number of halogens is 2. The molecule has 12 atom stereocenters. The number of hydrogen-bond acceptors (Lipinski definition) is 20. The first-order valence-corrected chi connectivity index (χ1v) is 39.7. The number of carboxylic acid groups (broad SMARTS) is 1. The van der Waals surface area contributed by atoms with Crippen LogP contribution in [0.5, 0.6) is 11.5 Å². The maximum atomic E-state index is 15.1. The number of phenols is 2. The molecule has 0 fully saturated rings. The lowest BCUT2D eigenvalue weighted by molar-refractivity contribution is -0.139. The zero-order valence-electron chi connectivity index (χ0n) is 64.1. The van der Waals surface area contributed by atoms with Crippen LogP contribution in [0.1, 0.15) is 139 Å². The number of carbonyl (C=O) groups excluding carboxylic acids is 12. The van der Waals surface area contributed by atoms with Gasteiger partial charge in [0.15, 0.2) is 0 Å². The number of imidazole rings is 1. The van der Waals surface area contributed by atoms with Crippen LogP contribution in [0.15, 0.2) is 110 Å². The minimum atomic E-state index is -3.20. The Labute approximate surface area is 666 Å². The zero-order valence-corrected chi connectivity index (χ0v) is 65.7. The number of aromatic nitrogens is 3. The summed E-state index contributed by atoms with van der Waals surface area (Å²) in [5, 5.41) is 70.0. The van der Waals surface area contributed by atoms with Gasteiger partial charge in [-0.15, -0.1) is 0 Å². The van der Waals surface area contributed by atoms with Crippen molar-refractivity contribution in [1.29, 1.82) is 0 Å². The van der Waals surface area contributed by atoms with Crippen LogP contribution >= 0.6 is 23.5 Å². The van der Waals surface area contributed by atoms with E-state index in [0.717, 1.165) is 22.9 Å². The van der Waals surface area contributed by atoms with Gasteiger partial charge in [0.25, 0.3) is 0 Å². The van der Waals surface area contributed by atoms with Crippen LogP contribution in [0.2, 0.25) is 0 Å². The number of nitrogens with zero attached hydrogens (tertiary/aromatic N) is 2. The molecule has 0 saturated heterocycles.